The molecule has 0 saturated carbocycles. The number of benzene rings is 2. The van der Waals surface area contributed by atoms with Gasteiger partial charge in [-0.1, -0.05) is 40.2 Å². The van der Waals surface area contributed by atoms with E-state index in [0.29, 0.717) is 17.8 Å². The van der Waals surface area contributed by atoms with Gasteiger partial charge in [0.2, 0.25) is 0 Å². The quantitative estimate of drug-likeness (QED) is 0.900. The fraction of sp³-hybridized carbons (Fsp3) is 0.250. The standard InChI is InChI=1S/C16H17BrFNO/c1-11(20)12-7-8-16(15(18)9-12)19(2)10-13-5-3-4-6-14(13)17/h3-9,11,20H,10H2,1-2H3. The van der Waals surface area contributed by atoms with Crippen molar-refractivity contribution in [2.75, 3.05) is 11.9 Å². The van der Waals surface area contributed by atoms with E-state index in [-0.39, 0.29) is 5.82 Å². The fourth-order valence-electron chi connectivity index (χ4n) is 2.06. The molecule has 1 N–H and O–H groups in total. The van der Waals surface area contributed by atoms with E-state index >= 15 is 0 Å². The van der Waals surface area contributed by atoms with Crippen molar-refractivity contribution in [2.45, 2.75) is 19.6 Å². The smallest absolute Gasteiger partial charge is 0.146 e. The molecule has 106 valence electrons. The van der Waals surface area contributed by atoms with Gasteiger partial charge >= 0.3 is 0 Å². The van der Waals surface area contributed by atoms with E-state index in [9.17, 15) is 9.50 Å². The van der Waals surface area contributed by atoms with Gasteiger partial charge in [-0.05, 0) is 36.2 Å². The molecule has 2 nitrogen and oxygen atoms in total. The molecule has 2 aromatic carbocycles. The fourth-order valence-corrected chi connectivity index (χ4v) is 2.47. The van der Waals surface area contributed by atoms with Gasteiger partial charge in [-0.25, -0.2) is 4.39 Å². The molecule has 2 rings (SSSR count). The molecule has 0 aliphatic carbocycles. The molecular formula is C16H17BrFNO. The highest BCUT2D eigenvalue weighted by atomic mass is 79.9. The van der Waals surface area contributed by atoms with Crippen molar-refractivity contribution in [2.24, 2.45) is 0 Å². The molecule has 0 fully saturated rings. The van der Waals surface area contributed by atoms with Crippen LogP contribution in [0.4, 0.5) is 10.1 Å². The van der Waals surface area contributed by atoms with Crippen LogP contribution >= 0.6 is 15.9 Å². The van der Waals surface area contributed by atoms with Crippen molar-refractivity contribution < 1.29 is 9.50 Å². The number of hydrogen-bond acceptors (Lipinski definition) is 2. The van der Waals surface area contributed by atoms with Crippen molar-refractivity contribution in [3.63, 3.8) is 0 Å². The van der Waals surface area contributed by atoms with Gasteiger partial charge in [-0.2, -0.15) is 0 Å². The summed E-state index contributed by atoms with van der Waals surface area (Å²) in [5.74, 6) is -0.321. The minimum atomic E-state index is -0.660. The number of nitrogens with zero attached hydrogens (tertiary/aromatic N) is 1. The van der Waals surface area contributed by atoms with Crippen molar-refractivity contribution >= 4 is 21.6 Å². The average molecular weight is 338 g/mol. The summed E-state index contributed by atoms with van der Waals surface area (Å²) in [5, 5.41) is 9.46. The predicted octanol–water partition coefficient (Wildman–Crippen LogP) is 4.28. The van der Waals surface area contributed by atoms with Gasteiger partial charge in [0.25, 0.3) is 0 Å². The molecule has 4 heteroatoms. The van der Waals surface area contributed by atoms with Crippen molar-refractivity contribution in [1.82, 2.24) is 0 Å². The first-order valence-corrected chi connectivity index (χ1v) is 7.20. The van der Waals surface area contributed by atoms with Gasteiger partial charge < -0.3 is 10.0 Å². The molecule has 0 amide bonds. The number of halogens is 2. The Morgan fingerprint density at radius 1 is 1.25 bits per heavy atom. The van der Waals surface area contributed by atoms with Crippen LogP contribution in [0, 0.1) is 5.82 Å². The van der Waals surface area contributed by atoms with Crippen LogP contribution in [0.5, 0.6) is 0 Å². The van der Waals surface area contributed by atoms with Crippen LogP contribution in [-0.2, 0) is 6.54 Å². The van der Waals surface area contributed by atoms with Crippen LogP contribution in [0.2, 0.25) is 0 Å². The highest BCUT2D eigenvalue weighted by molar-refractivity contribution is 9.10. The molecule has 0 heterocycles. The van der Waals surface area contributed by atoms with Gasteiger partial charge in [0.1, 0.15) is 5.82 Å². The maximum Gasteiger partial charge on any atom is 0.146 e. The Bertz CT molecular complexity index is 601. The molecule has 0 aliphatic heterocycles. The van der Waals surface area contributed by atoms with Gasteiger partial charge in [0.15, 0.2) is 0 Å². The molecule has 0 spiro atoms. The molecule has 0 aromatic heterocycles. The normalized spacial score (nSPS) is 12.2. The second-order valence-electron chi connectivity index (χ2n) is 4.83. The number of rotatable bonds is 4. The van der Waals surface area contributed by atoms with E-state index in [0.717, 1.165) is 10.0 Å². The molecule has 0 radical (unpaired) electrons. The zero-order chi connectivity index (χ0) is 14.7. The Balaban J connectivity index is 2.21. The second-order valence-corrected chi connectivity index (χ2v) is 5.69. The van der Waals surface area contributed by atoms with E-state index in [2.05, 4.69) is 15.9 Å². The Hall–Kier alpha value is -1.39. The molecule has 1 unspecified atom stereocenters. The van der Waals surface area contributed by atoms with E-state index in [1.165, 1.54) is 6.07 Å². The minimum absolute atomic E-state index is 0.321. The van der Waals surface area contributed by atoms with Crippen LogP contribution in [0.1, 0.15) is 24.2 Å². The lowest BCUT2D eigenvalue weighted by molar-refractivity contribution is 0.199. The summed E-state index contributed by atoms with van der Waals surface area (Å²) in [4.78, 5) is 1.85. The summed E-state index contributed by atoms with van der Waals surface area (Å²) in [6.45, 7) is 2.23. The van der Waals surface area contributed by atoms with Crippen LogP contribution in [0.25, 0.3) is 0 Å². The zero-order valence-electron chi connectivity index (χ0n) is 11.5. The summed E-state index contributed by atoms with van der Waals surface area (Å²) in [7, 11) is 1.85. The Labute approximate surface area is 127 Å². The van der Waals surface area contributed by atoms with Gasteiger partial charge in [0, 0.05) is 18.1 Å². The second kappa shape index (κ2) is 6.37. The van der Waals surface area contributed by atoms with E-state index < -0.39 is 6.10 Å². The molecule has 0 aliphatic rings. The monoisotopic (exact) mass is 337 g/mol. The first-order valence-electron chi connectivity index (χ1n) is 6.41. The summed E-state index contributed by atoms with van der Waals surface area (Å²) >= 11 is 3.49. The number of hydrogen-bond donors (Lipinski definition) is 1. The largest absolute Gasteiger partial charge is 0.389 e. The number of anilines is 1. The van der Waals surface area contributed by atoms with E-state index in [1.807, 2.05) is 36.2 Å². The highest BCUT2D eigenvalue weighted by Gasteiger charge is 2.11. The summed E-state index contributed by atoms with van der Waals surface area (Å²) in [6.07, 6.45) is -0.660. The number of aliphatic hydroxyl groups excluding tert-OH is 1. The lowest BCUT2D eigenvalue weighted by Crippen LogP contribution is -2.18. The molecule has 1 atom stereocenters. The Kier molecular flexibility index (Phi) is 4.78. The van der Waals surface area contributed by atoms with Crippen LogP contribution in [0.15, 0.2) is 46.9 Å². The first kappa shape index (κ1) is 15.0. The SMILES string of the molecule is CC(O)c1ccc(N(C)Cc2ccccc2Br)c(F)c1. The maximum atomic E-state index is 14.1. The van der Waals surface area contributed by atoms with Crippen LogP contribution < -0.4 is 4.90 Å². The third-order valence-electron chi connectivity index (χ3n) is 3.23. The topological polar surface area (TPSA) is 23.5 Å². The molecular weight excluding hydrogens is 321 g/mol. The zero-order valence-corrected chi connectivity index (χ0v) is 13.1. The maximum absolute atomic E-state index is 14.1. The van der Waals surface area contributed by atoms with Crippen molar-refractivity contribution in [3.05, 3.63) is 63.9 Å². The van der Waals surface area contributed by atoms with Gasteiger partial charge in [-0.15, -0.1) is 0 Å². The third kappa shape index (κ3) is 3.38. The summed E-state index contributed by atoms with van der Waals surface area (Å²) < 4.78 is 15.1. The summed E-state index contributed by atoms with van der Waals surface area (Å²) in [6, 6.07) is 12.7. The van der Waals surface area contributed by atoms with Crippen LogP contribution in [0.3, 0.4) is 0 Å². The Morgan fingerprint density at radius 2 is 1.95 bits per heavy atom. The van der Waals surface area contributed by atoms with Crippen LogP contribution in [-0.4, -0.2) is 12.2 Å². The Morgan fingerprint density at radius 3 is 2.55 bits per heavy atom. The first-order chi connectivity index (χ1) is 9.49. The van der Waals surface area contributed by atoms with Crippen molar-refractivity contribution in [1.29, 1.82) is 0 Å². The van der Waals surface area contributed by atoms with Gasteiger partial charge in [0.05, 0.1) is 11.8 Å². The van der Waals surface area contributed by atoms with E-state index in [1.54, 1.807) is 19.1 Å². The highest BCUT2D eigenvalue weighted by Crippen LogP contribution is 2.25. The van der Waals surface area contributed by atoms with E-state index in [4.69, 9.17) is 0 Å². The number of aliphatic hydroxyl groups is 1. The lowest BCUT2D eigenvalue weighted by Gasteiger charge is -2.21. The molecule has 20 heavy (non-hydrogen) atoms. The molecule has 0 bridgehead atoms. The lowest BCUT2D eigenvalue weighted by atomic mass is 10.1. The summed E-state index contributed by atoms with van der Waals surface area (Å²) in [5.41, 5.74) is 2.19. The average Bonchev–Trinajstić information content (AvgIpc) is 2.41. The molecule has 0 saturated heterocycles. The predicted molar refractivity (Wildman–Crippen MR) is 83.3 cm³/mol. The third-order valence-corrected chi connectivity index (χ3v) is 4.00. The van der Waals surface area contributed by atoms with Crippen molar-refractivity contribution in [3.8, 4) is 0 Å². The molecule has 2 aromatic rings. The minimum Gasteiger partial charge on any atom is -0.389 e. The van der Waals surface area contributed by atoms with Gasteiger partial charge in [-0.3, -0.25) is 0 Å².